The van der Waals surface area contributed by atoms with E-state index >= 15 is 0 Å². The van der Waals surface area contributed by atoms with Crippen molar-refractivity contribution in [3.63, 3.8) is 0 Å². The molecule has 0 aromatic heterocycles. The van der Waals surface area contributed by atoms with Gasteiger partial charge in [0.2, 0.25) is 29.5 Å². The summed E-state index contributed by atoms with van der Waals surface area (Å²) in [7, 11) is 0. The van der Waals surface area contributed by atoms with E-state index in [4.69, 9.17) is 0 Å². The zero-order valence-electron chi connectivity index (χ0n) is 30.1. The van der Waals surface area contributed by atoms with Crippen LogP contribution in [0.4, 0.5) is 0 Å². The maximum Gasteiger partial charge on any atom is 0.326 e. The molecular formula is C38H52N6O7S. The minimum Gasteiger partial charge on any atom is -0.480 e. The number of aliphatic carboxylic acids is 1. The van der Waals surface area contributed by atoms with Gasteiger partial charge in [-0.1, -0.05) is 74.5 Å². The molecule has 0 radical (unpaired) electrons. The second-order valence-corrected chi connectivity index (χ2v) is 14.7. The van der Waals surface area contributed by atoms with Gasteiger partial charge in [0.05, 0.1) is 6.04 Å². The minimum absolute atomic E-state index is 0.0665. The molecule has 52 heavy (non-hydrogen) atoms. The number of carboxylic acids is 1. The number of carbonyl (C=O) groups is 6. The van der Waals surface area contributed by atoms with Crippen molar-refractivity contribution < 1.29 is 33.9 Å². The Bertz CT molecular complexity index is 1520. The lowest BCUT2D eigenvalue weighted by molar-refractivity contribution is -0.143. The third-order valence-electron chi connectivity index (χ3n) is 9.50. The molecule has 0 spiro atoms. The highest BCUT2D eigenvalue weighted by atomic mass is 32.2. The van der Waals surface area contributed by atoms with Gasteiger partial charge >= 0.3 is 5.97 Å². The van der Waals surface area contributed by atoms with E-state index in [0.717, 1.165) is 24.1 Å². The number of thioether (sulfide) groups is 1. The molecule has 0 saturated carbocycles. The number of carboxylic acid groups (broad SMARTS) is 1. The summed E-state index contributed by atoms with van der Waals surface area (Å²) in [5, 5.41) is 24.1. The van der Waals surface area contributed by atoms with E-state index in [1.807, 2.05) is 42.7 Å². The van der Waals surface area contributed by atoms with E-state index in [2.05, 4.69) is 26.6 Å². The van der Waals surface area contributed by atoms with Crippen molar-refractivity contribution in [3.05, 3.63) is 71.8 Å². The average Bonchev–Trinajstić information content (AvgIpc) is 3.86. The smallest absolute Gasteiger partial charge is 0.326 e. The average molecular weight is 737 g/mol. The van der Waals surface area contributed by atoms with Crippen LogP contribution >= 0.6 is 11.8 Å². The minimum atomic E-state index is -1.21. The molecule has 2 aliphatic heterocycles. The van der Waals surface area contributed by atoms with Gasteiger partial charge in [-0.15, -0.1) is 0 Å². The lowest BCUT2D eigenvalue weighted by Gasteiger charge is -2.31. The highest BCUT2D eigenvalue weighted by Gasteiger charge is 2.40. The van der Waals surface area contributed by atoms with Crippen molar-refractivity contribution in [1.82, 2.24) is 31.5 Å². The van der Waals surface area contributed by atoms with E-state index in [0.29, 0.717) is 31.6 Å². The number of nitrogens with zero attached hydrogens (tertiary/aromatic N) is 1. The van der Waals surface area contributed by atoms with Crippen LogP contribution in [0.3, 0.4) is 0 Å². The molecule has 13 nitrogen and oxygen atoms in total. The van der Waals surface area contributed by atoms with E-state index in [1.165, 1.54) is 16.7 Å². The summed E-state index contributed by atoms with van der Waals surface area (Å²) in [6.07, 6.45) is 4.97. The van der Waals surface area contributed by atoms with E-state index in [9.17, 15) is 33.9 Å². The van der Waals surface area contributed by atoms with Crippen molar-refractivity contribution in [1.29, 1.82) is 0 Å². The summed E-state index contributed by atoms with van der Waals surface area (Å²) in [6, 6.07) is 12.9. The lowest BCUT2D eigenvalue weighted by atomic mass is 10.0. The topological polar surface area (TPSA) is 186 Å². The van der Waals surface area contributed by atoms with Crippen molar-refractivity contribution >= 4 is 47.3 Å². The molecular weight excluding hydrogens is 685 g/mol. The standard InChI is InChI=1S/C38H52N6O7S/c1-24(2)32(36(48)42-30(38(50)51)23-26-14-8-5-9-15-26)43-34(46)28(18-21-52-3)40-35(47)31-17-11-20-44(31)37(49)29(22-25-12-6-4-7-13-25)41-33(45)27-16-10-19-39-27/h4-9,12-15,24,27-32,39H,10-11,16-23H2,1-3H3,(H,40,47)(H,41,45)(H,42,48)(H,43,46)(H,50,51)/t27-,28-,29-,30-,31-,32-/m0/s1. The first-order valence-corrected chi connectivity index (χ1v) is 19.4. The molecule has 6 N–H and O–H groups in total. The Labute approximate surface area is 309 Å². The summed E-state index contributed by atoms with van der Waals surface area (Å²) >= 11 is 1.49. The Hall–Kier alpha value is -4.43. The van der Waals surface area contributed by atoms with Crippen LogP contribution in [0, 0.1) is 5.92 Å². The Morgan fingerprint density at radius 3 is 1.96 bits per heavy atom. The molecule has 6 atom stereocenters. The summed E-state index contributed by atoms with van der Waals surface area (Å²) in [5.41, 5.74) is 1.60. The zero-order chi connectivity index (χ0) is 37.6. The van der Waals surface area contributed by atoms with Gasteiger partial charge in [-0.25, -0.2) is 4.79 Å². The number of hydrogen-bond donors (Lipinski definition) is 6. The second-order valence-electron chi connectivity index (χ2n) is 13.8. The molecule has 2 aromatic carbocycles. The van der Waals surface area contributed by atoms with Crippen LogP contribution in [0.1, 0.15) is 57.1 Å². The fraction of sp³-hybridized carbons (Fsp3) is 0.526. The quantitative estimate of drug-likeness (QED) is 0.132. The normalized spacial score (nSPS) is 19.3. The number of amides is 5. The zero-order valence-corrected chi connectivity index (χ0v) is 31.0. The first-order valence-electron chi connectivity index (χ1n) is 18.0. The van der Waals surface area contributed by atoms with Crippen molar-refractivity contribution in [2.24, 2.45) is 5.92 Å². The molecule has 2 aromatic rings. The predicted octanol–water partition coefficient (Wildman–Crippen LogP) is 1.65. The largest absolute Gasteiger partial charge is 0.480 e. The molecule has 0 bridgehead atoms. The first kappa shape index (κ1) is 40.3. The third-order valence-corrected chi connectivity index (χ3v) is 10.1. The van der Waals surface area contributed by atoms with Crippen LogP contribution in [0.25, 0.3) is 0 Å². The molecule has 14 heteroatoms. The summed E-state index contributed by atoms with van der Waals surface area (Å²) in [5.74, 6) is -3.40. The summed E-state index contributed by atoms with van der Waals surface area (Å²) in [6.45, 7) is 4.53. The van der Waals surface area contributed by atoms with Gasteiger partial charge in [-0.2, -0.15) is 11.8 Å². The van der Waals surface area contributed by atoms with Gasteiger partial charge in [0.1, 0.15) is 30.2 Å². The van der Waals surface area contributed by atoms with E-state index in [-0.39, 0.29) is 37.1 Å². The monoisotopic (exact) mass is 736 g/mol. The number of benzene rings is 2. The van der Waals surface area contributed by atoms with E-state index < -0.39 is 59.8 Å². The highest BCUT2D eigenvalue weighted by molar-refractivity contribution is 7.98. The third kappa shape index (κ3) is 11.5. The Kier molecular flexibility index (Phi) is 15.5. The number of likely N-dealkylation sites (tertiary alicyclic amines) is 1. The van der Waals surface area contributed by atoms with Gasteiger partial charge in [0, 0.05) is 19.4 Å². The maximum atomic E-state index is 14.1. The molecule has 2 saturated heterocycles. The predicted molar refractivity (Wildman–Crippen MR) is 199 cm³/mol. The van der Waals surface area contributed by atoms with Crippen LogP contribution in [0.15, 0.2) is 60.7 Å². The summed E-state index contributed by atoms with van der Waals surface area (Å²) < 4.78 is 0. The molecule has 5 amide bonds. The Morgan fingerprint density at radius 1 is 0.788 bits per heavy atom. The SMILES string of the molecule is CSCC[C@H](NC(=O)[C@@H]1CCCN1C(=O)[C@H](Cc1ccccc1)NC(=O)[C@@H]1CCCN1)C(=O)N[C@H](C(=O)N[C@@H](Cc1ccccc1)C(=O)O)C(C)C. The molecule has 2 aliphatic rings. The fourth-order valence-electron chi connectivity index (χ4n) is 6.61. The molecule has 0 aliphatic carbocycles. The van der Waals surface area contributed by atoms with Gasteiger partial charge in [0.25, 0.3) is 0 Å². The molecule has 0 unspecified atom stereocenters. The van der Waals surface area contributed by atoms with E-state index in [1.54, 1.807) is 38.1 Å². The Morgan fingerprint density at radius 2 is 1.40 bits per heavy atom. The van der Waals surface area contributed by atoms with Crippen molar-refractivity contribution in [2.75, 3.05) is 25.1 Å². The number of hydrogen-bond acceptors (Lipinski definition) is 8. The van der Waals surface area contributed by atoms with Gasteiger partial charge in [-0.05, 0) is 67.7 Å². The van der Waals surface area contributed by atoms with Crippen LogP contribution in [-0.4, -0.2) is 107 Å². The van der Waals surface area contributed by atoms with Crippen LogP contribution in [0.2, 0.25) is 0 Å². The van der Waals surface area contributed by atoms with Gasteiger partial charge in [-0.3, -0.25) is 24.0 Å². The summed E-state index contributed by atoms with van der Waals surface area (Å²) in [4.78, 5) is 81.8. The van der Waals surface area contributed by atoms with Gasteiger partial charge < -0.3 is 36.6 Å². The van der Waals surface area contributed by atoms with Crippen LogP contribution in [-0.2, 0) is 41.6 Å². The number of rotatable bonds is 18. The number of nitrogens with one attached hydrogen (secondary N) is 5. The first-order chi connectivity index (χ1) is 25.0. The van der Waals surface area contributed by atoms with Crippen molar-refractivity contribution in [2.45, 2.75) is 95.0 Å². The van der Waals surface area contributed by atoms with Crippen LogP contribution in [0.5, 0.6) is 0 Å². The molecule has 282 valence electrons. The van der Waals surface area contributed by atoms with Crippen LogP contribution < -0.4 is 26.6 Å². The van der Waals surface area contributed by atoms with Gasteiger partial charge in [0.15, 0.2) is 0 Å². The molecule has 2 fully saturated rings. The Balaban J connectivity index is 1.45. The number of carbonyl (C=O) groups excluding carboxylic acids is 5. The fourth-order valence-corrected chi connectivity index (χ4v) is 7.08. The van der Waals surface area contributed by atoms with Crippen molar-refractivity contribution in [3.8, 4) is 0 Å². The molecule has 4 rings (SSSR count). The maximum absolute atomic E-state index is 14.1. The second kappa shape index (κ2) is 20.0. The molecule has 2 heterocycles. The highest BCUT2D eigenvalue weighted by Crippen LogP contribution is 2.21. The lowest BCUT2D eigenvalue weighted by Crippen LogP contribution is -2.60.